The van der Waals surface area contributed by atoms with E-state index in [2.05, 4.69) is 6.58 Å². The molecule has 1 aromatic rings. The molecule has 0 fully saturated rings. The Morgan fingerprint density at radius 2 is 2.42 bits per heavy atom. The van der Waals surface area contributed by atoms with E-state index in [-0.39, 0.29) is 5.56 Å². The zero-order valence-corrected chi connectivity index (χ0v) is 8.42. The lowest BCUT2D eigenvalue weighted by atomic mass is 10.4. The lowest BCUT2D eigenvalue weighted by Gasteiger charge is -2.01. The molecular formula is C8H7FINO. The van der Waals surface area contributed by atoms with Crippen molar-refractivity contribution in [2.24, 2.45) is 0 Å². The molecule has 0 amide bonds. The fourth-order valence-electron chi connectivity index (χ4n) is 0.839. The summed E-state index contributed by atoms with van der Waals surface area (Å²) in [6.45, 7) is 3.81. The van der Waals surface area contributed by atoms with Gasteiger partial charge in [-0.1, -0.05) is 6.08 Å². The molecule has 0 saturated heterocycles. The van der Waals surface area contributed by atoms with Gasteiger partial charge in [-0.25, -0.2) is 4.39 Å². The van der Waals surface area contributed by atoms with Crippen molar-refractivity contribution < 1.29 is 4.39 Å². The van der Waals surface area contributed by atoms with Crippen molar-refractivity contribution in [1.82, 2.24) is 4.57 Å². The van der Waals surface area contributed by atoms with Gasteiger partial charge in [-0.15, -0.1) is 6.58 Å². The van der Waals surface area contributed by atoms with Crippen molar-refractivity contribution in [3.63, 3.8) is 0 Å². The highest BCUT2D eigenvalue weighted by Gasteiger charge is 2.01. The number of allylic oxidation sites excluding steroid dienone is 1. The SMILES string of the molecule is C=CCn1cc(F)cc(I)c1=O. The third kappa shape index (κ3) is 1.94. The molecule has 0 saturated carbocycles. The number of rotatable bonds is 2. The van der Waals surface area contributed by atoms with Crippen molar-refractivity contribution in [3.05, 3.63) is 44.7 Å². The van der Waals surface area contributed by atoms with Gasteiger partial charge in [0.2, 0.25) is 0 Å². The van der Waals surface area contributed by atoms with Crippen LogP contribution in [0.2, 0.25) is 0 Å². The molecule has 0 aliphatic heterocycles. The van der Waals surface area contributed by atoms with Crippen molar-refractivity contribution in [3.8, 4) is 0 Å². The fourth-order valence-corrected chi connectivity index (χ4v) is 1.45. The van der Waals surface area contributed by atoms with Crippen LogP contribution >= 0.6 is 22.6 Å². The molecule has 1 aromatic heterocycles. The summed E-state index contributed by atoms with van der Waals surface area (Å²) in [7, 11) is 0. The van der Waals surface area contributed by atoms with Gasteiger partial charge < -0.3 is 4.57 Å². The maximum Gasteiger partial charge on any atom is 0.264 e. The number of halogens is 2. The van der Waals surface area contributed by atoms with Crippen LogP contribution in [0.15, 0.2) is 29.7 Å². The van der Waals surface area contributed by atoms with E-state index < -0.39 is 5.82 Å². The average molecular weight is 279 g/mol. The molecule has 0 bridgehead atoms. The Morgan fingerprint density at radius 3 is 3.00 bits per heavy atom. The minimum atomic E-state index is -0.402. The Bertz CT molecular complexity index is 359. The first kappa shape index (κ1) is 9.44. The van der Waals surface area contributed by atoms with Crippen LogP contribution in [-0.4, -0.2) is 4.57 Å². The second kappa shape index (κ2) is 3.84. The Balaban J connectivity index is 3.27. The summed E-state index contributed by atoms with van der Waals surface area (Å²) in [5.41, 5.74) is -0.183. The van der Waals surface area contributed by atoms with Gasteiger partial charge in [0.25, 0.3) is 5.56 Å². The molecule has 1 heterocycles. The van der Waals surface area contributed by atoms with Crippen LogP contribution in [0.1, 0.15) is 0 Å². The van der Waals surface area contributed by atoms with Crippen molar-refractivity contribution in [1.29, 1.82) is 0 Å². The summed E-state index contributed by atoms with van der Waals surface area (Å²) in [6, 6.07) is 1.21. The standard InChI is InChI=1S/C8H7FINO/c1-2-3-11-5-6(9)4-7(10)8(11)12/h2,4-5H,1,3H2. The number of aromatic nitrogens is 1. The second-order valence-corrected chi connectivity index (χ2v) is 3.41. The van der Waals surface area contributed by atoms with Crippen LogP contribution in [0.5, 0.6) is 0 Å². The van der Waals surface area contributed by atoms with E-state index in [1.807, 2.05) is 22.6 Å². The molecule has 2 nitrogen and oxygen atoms in total. The number of pyridine rings is 1. The van der Waals surface area contributed by atoms with E-state index >= 15 is 0 Å². The minimum Gasteiger partial charge on any atom is -0.308 e. The number of hydrogen-bond donors (Lipinski definition) is 0. The van der Waals surface area contributed by atoms with Gasteiger partial charge in [-0.3, -0.25) is 4.79 Å². The Kier molecular flexibility index (Phi) is 3.02. The van der Waals surface area contributed by atoms with Crippen LogP contribution in [0.3, 0.4) is 0 Å². The largest absolute Gasteiger partial charge is 0.308 e. The van der Waals surface area contributed by atoms with E-state index in [4.69, 9.17) is 0 Å². The summed E-state index contributed by atoms with van der Waals surface area (Å²) in [5, 5.41) is 0. The Morgan fingerprint density at radius 1 is 1.75 bits per heavy atom. The molecule has 12 heavy (non-hydrogen) atoms. The lowest BCUT2D eigenvalue weighted by Crippen LogP contribution is -2.21. The van der Waals surface area contributed by atoms with Crippen LogP contribution in [0.25, 0.3) is 0 Å². The maximum atomic E-state index is 12.7. The third-order valence-corrected chi connectivity index (χ3v) is 2.11. The third-order valence-electron chi connectivity index (χ3n) is 1.33. The van der Waals surface area contributed by atoms with Crippen molar-refractivity contribution >= 4 is 22.6 Å². The summed E-state index contributed by atoms with van der Waals surface area (Å²) >= 11 is 1.81. The van der Waals surface area contributed by atoms with Gasteiger partial charge in [0.1, 0.15) is 5.82 Å². The second-order valence-electron chi connectivity index (χ2n) is 2.25. The molecule has 0 atom stereocenters. The zero-order chi connectivity index (χ0) is 9.14. The molecule has 4 heteroatoms. The number of nitrogens with zero attached hydrogens (tertiary/aromatic N) is 1. The molecule has 1 rings (SSSR count). The molecule has 0 spiro atoms. The van der Waals surface area contributed by atoms with Crippen LogP contribution in [0, 0.1) is 9.39 Å². The molecule has 0 aromatic carbocycles. The average Bonchev–Trinajstić information content (AvgIpc) is 2.00. The summed E-state index contributed by atoms with van der Waals surface area (Å²) < 4.78 is 14.4. The van der Waals surface area contributed by atoms with Gasteiger partial charge in [0, 0.05) is 12.7 Å². The Hall–Kier alpha value is -0.650. The highest BCUT2D eigenvalue weighted by atomic mass is 127. The van der Waals surface area contributed by atoms with E-state index in [0.717, 1.165) is 0 Å². The Labute approximate surface area is 82.9 Å². The molecule has 0 N–H and O–H groups in total. The summed E-state index contributed by atoms with van der Waals surface area (Å²) in [5.74, 6) is -0.402. The topological polar surface area (TPSA) is 22.0 Å². The van der Waals surface area contributed by atoms with Crippen LogP contribution in [0.4, 0.5) is 4.39 Å². The summed E-state index contributed by atoms with van der Waals surface area (Å²) in [4.78, 5) is 11.3. The zero-order valence-electron chi connectivity index (χ0n) is 6.26. The predicted octanol–water partition coefficient (Wildman–Crippen LogP) is 1.78. The van der Waals surface area contributed by atoms with Gasteiger partial charge in [-0.05, 0) is 28.7 Å². The van der Waals surface area contributed by atoms with Gasteiger partial charge in [0.15, 0.2) is 0 Å². The van der Waals surface area contributed by atoms with E-state index in [9.17, 15) is 9.18 Å². The van der Waals surface area contributed by atoms with E-state index in [0.29, 0.717) is 10.1 Å². The van der Waals surface area contributed by atoms with Gasteiger partial charge >= 0.3 is 0 Å². The first-order valence-electron chi connectivity index (χ1n) is 3.31. The predicted molar refractivity (Wildman–Crippen MR) is 53.6 cm³/mol. The molecule has 0 radical (unpaired) electrons. The number of hydrogen-bond acceptors (Lipinski definition) is 1. The maximum absolute atomic E-state index is 12.7. The lowest BCUT2D eigenvalue weighted by molar-refractivity contribution is 0.595. The first-order valence-corrected chi connectivity index (χ1v) is 4.39. The minimum absolute atomic E-state index is 0.183. The van der Waals surface area contributed by atoms with Crippen molar-refractivity contribution in [2.75, 3.05) is 0 Å². The summed E-state index contributed by atoms with van der Waals surface area (Å²) in [6.07, 6.45) is 2.73. The van der Waals surface area contributed by atoms with Gasteiger partial charge in [-0.2, -0.15) is 0 Å². The molecule has 0 aliphatic rings. The fraction of sp³-hybridized carbons (Fsp3) is 0.125. The van der Waals surface area contributed by atoms with E-state index in [1.54, 1.807) is 6.08 Å². The molecule has 64 valence electrons. The highest BCUT2D eigenvalue weighted by molar-refractivity contribution is 14.1. The smallest absolute Gasteiger partial charge is 0.264 e. The van der Waals surface area contributed by atoms with Gasteiger partial charge in [0.05, 0.1) is 3.57 Å². The highest BCUT2D eigenvalue weighted by Crippen LogP contribution is 2.01. The normalized spacial score (nSPS) is 9.83. The molecule has 0 unspecified atom stereocenters. The quantitative estimate of drug-likeness (QED) is 0.597. The molecule has 0 aliphatic carbocycles. The van der Waals surface area contributed by atoms with Crippen molar-refractivity contribution in [2.45, 2.75) is 6.54 Å². The van der Waals surface area contributed by atoms with Crippen LogP contribution in [-0.2, 0) is 6.54 Å². The first-order chi connectivity index (χ1) is 5.65. The van der Waals surface area contributed by atoms with E-state index in [1.165, 1.54) is 16.8 Å². The molecular weight excluding hydrogens is 272 g/mol. The monoisotopic (exact) mass is 279 g/mol. The van der Waals surface area contributed by atoms with Crippen LogP contribution < -0.4 is 5.56 Å².